The lowest BCUT2D eigenvalue weighted by atomic mass is 9.93. The Morgan fingerprint density at radius 2 is 1.85 bits per heavy atom. The maximum absolute atomic E-state index is 13.2. The highest BCUT2D eigenvalue weighted by atomic mass is 19.1. The monoisotopic (exact) mass is 271 g/mol. The highest BCUT2D eigenvalue weighted by molar-refractivity contribution is 5.38. The molecule has 0 radical (unpaired) electrons. The lowest BCUT2D eigenvalue weighted by Gasteiger charge is -2.17. The Hall–Kier alpha value is -1.67. The molecule has 1 atom stereocenters. The summed E-state index contributed by atoms with van der Waals surface area (Å²) >= 11 is 0. The fraction of sp³-hybridized carbons (Fsp3) is 0.333. The number of hydrogen-bond acceptors (Lipinski definition) is 1. The van der Waals surface area contributed by atoms with Gasteiger partial charge in [-0.1, -0.05) is 44.2 Å². The molecule has 2 N–H and O–H groups in total. The highest BCUT2D eigenvalue weighted by Crippen LogP contribution is 2.24. The maximum Gasteiger partial charge on any atom is 0.123 e. The lowest BCUT2D eigenvalue weighted by molar-refractivity contribution is 0.624. The number of benzene rings is 2. The molecule has 2 aromatic rings. The zero-order valence-electron chi connectivity index (χ0n) is 12.4. The Morgan fingerprint density at radius 3 is 2.50 bits per heavy atom. The van der Waals surface area contributed by atoms with E-state index in [0.717, 1.165) is 23.1 Å². The summed E-state index contributed by atoms with van der Waals surface area (Å²) in [5.41, 5.74) is 10.6. The largest absolute Gasteiger partial charge is 0.320 e. The van der Waals surface area contributed by atoms with Crippen molar-refractivity contribution in [3.05, 3.63) is 70.5 Å². The van der Waals surface area contributed by atoms with Gasteiger partial charge in [-0.05, 0) is 53.6 Å². The second-order valence-corrected chi connectivity index (χ2v) is 5.82. The van der Waals surface area contributed by atoms with Gasteiger partial charge in [-0.3, -0.25) is 0 Å². The average molecular weight is 271 g/mol. The van der Waals surface area contributed by atoms with Gasteiger partial charge in [0, 0.05) is 0 Å². The summed E-state index contributed by atoms with van der Waals surface area (Å²) in [6.45, 7) is 6.31. The van der Waals surface area contributed by atoms with Crippen LogP contribution in [0.2, 0.25) is 0 Å². The Morgan fingerprint density at radius 1 is 1.10 bits per heavy atom. The van der Waals surface area contributed by atoms with Crippen LogP contribution in [-0.4, -0.2) is 0 Å². The molecule has 0 saturated heterocycles. The molecule has 0 saturated carbocycles. The van der Waals surface area contributed by atoms with Crippen LogP contribution in [0.5, 0.6) is 0 Å². The molecule has 0 fully saturated rings. The first kappa shape index (κ1) is 14.7. The van der Waals surface area contributed by atoms with Crippen LogP contribution in [0.4, 0.5) is 4.39 Å². The van der Waals surface area contributed by atoms with Gasteiger partial charge in [0.25, 0.3) is 0 Å². The summed E-state index contributed by atoms with van der Waals surface area (Å²) in [6, 6.07) is 13.0. The van der Waals surface area contributed by atoms with E-state index in [0.29, 0.717) is 5.92 Å². The van der Waals surface area contributed by atoms with E-state index in [9.17, 15) is 4.39 Å². The summed E-state index contributed by atoms with van der Waals surface area (Å²) in [5.74, 6) is 0.404. The van der Waals surface area contributed by atoms with Crippen LogP contribution >= 0.6 is 0 Å². The van der Waals surface area contributed by atoms with Gasteiger partial charge < -0.3 is 5.73 Å². The molecule has 0 aliphatic rings. The molecule has 0 aliphatic carbocycles. The van der Waals surface area contributed by atoms with Crippen molar-refractivity contribution in [3.63, 3.8) is 0 Å². The summed E-state index contributed by atoms with van der Waals surface area (Å²) in [4.78, 5) is 0. The van der Waals surface area contributed by atoms with Gasteiger partial charge in [-0.2, -0.15) is 0 Å². The molecular formula is C18H22FN. The zero-order valence-corrected chi connectivity index (χ0v) is 12.4. The number of rotatable bonds is 4. The zero-order chi connectivity index (χ0) is 14.7. The van der Waals surface area contributed by atoms with Crippen LogP contribution in [0.3, 0.4) is 0 Å². The Balaban J connectivity index is 2.30. The van der Waals surface area contributed by atoms with Gasteiger partial charge in [0.1, 0.15) is 5.82 Å². The average Bonchev–Trinajstić information content (AvgIpc) is 2.37. The van der Waals surface area contributed by atoms with Crippen molar-refractivity contribution in [2.75, 3.05) is 0 Å². The number of nitrogens with two attached hydrogens (primary N) is 1. The summed E-state index contributed by atoms with van der Waals surface area (Å²) in [7, 11) is 0. The second-order valence-electron chi connectivity index (χ2n) is 5.82. The molecule has 0 aliphatic heterocycles. The molecule has 0 heterocycles. The molecule has 2 aromatic carbocycles. The topological polar surface area (TPSA) is 26.0 Å². The number of halogens is 1. The summed E-state index contributed by atoms with van der Waals surface area (Å²) < 4.78 is 13.2. The fourth-order valence-electron chi connectivity index (χ4n) is 2.55. The van der Waals surface area contributed by atoms with Crippen molar-refractivity contribution in [2.45, 2.75) is 33.2 Å². The van der Waals surface area contributed by atoms with Gasteiger partial charge in [-0.25, -0.2) is 4.39 Å². The van der Waals surface area contributed by atoms with Gasteiger partial charge in [0.15, 0.2) is 0 Å². The molecule has 0 amide bonds. The molecule has 2 rings (SSSR count). The van der Waals surface area contributed by atoms with Crippen LogP contribution in [0.1, 0.15) is 42.1 Å². The molecule has 0 spiro atoms. The predicted molar refractivity (Wildman–Crippen MR) is 82.2 cm³/mol. The molecule has 20 heavy (non-hydrogen) atoms. The molecule has 1 unspecified atom stereocenters. The van der Waals surface area contributed by atoms with E-state index < -0.39 is 0 Å². The standard InChI is InChI=1S/C18H22FN/c1-12(2)9-14-5-4-6-15(11-14)18(20)17-8-7-16(19)10-13(17)3/h4-8,10-12,18H,9,20H2,1-3H3. The third kappa shape index (κ3) is 3.45. The van der Waals surface area contributed by atoms with E-state index in [-0.39, 0.29) is 11.9 Å². The van der Waals surface area contributed by atoms with Gasteiger partial charge >= 0.3 is 0 Å². The van der Waals surface area contributed by atoms with E-state index in [1.54, 1.807) is 6.07 Å². The van der Waals surface area contributed by atoms with Crippen molar-refractivity contribution >= 4 is 0 Å². The lowest BCUT2D eigenvalue weighted by Crippen LogP contribution is -2.13. The molecule has 0 aromatic heterocycles. The number of aryl methyl sites for hydroxylation is 1. The molecule has 2 heteroatoms. The van der Waals surface area contributed by atoms with Crippen LogP contribution in [0, 0.1) is 18.7 Å². The van der Waals surface area contributed by atoms with E-state index >= 15 is 0 Å². The first-order chi connectivity index (χ1) is 9.47. The van der Waals surface area contributed by atoms with E-state index in [1.165, 1.54) is 17.7 Å². The minimum atomic E-state index is -0.216. The highest BCUT2D eigenvalue weighted by Gasteiger charge is 2.12. The van der Waals surface area contributed by atoms with Crippen molar-refractivity contribution in [1.29, 1.82) is 0 Å². The molecule has 1 nitrogen and oxygen atoms in total. The quantitative estimate of drug-likeness (QED) is 0.877. The first-order valence-corrected chi connectivity index (χ1v) is 7.08. The molecule has 0 bridgehead atoms. The smallest absolute Gasteiger partial charge is 0.123 e. The Kier molecular flexibility index (Phi) is 4.56. The van der Waals surface area contributed by atoms with Gasteiger partial charge in [0.2, 0.25) is 0 Å². The summed E-state index contributed by atoms with van der Waals surface area (Å²) in [6.07, 6.45) is 1.04. The van der Waals surface area contributed by atoms with Gasteiger partial charge in [0.05, 0.1) is 6.04 Å². The fourth-order valence-corrected chi connectivity index (χ4v) is 2.55. The minimum absolute atomic E-state index is 0.206. The maximum atomic E-state index is 13.2. The normalized spacial score (nSPS) is 12.7. The van der Waals surface area contributed by atoms with Crippen LogP contribution < -0.4 is 5.73 Å². The third-order valence-electron chi connectivity index (χ3n) is 3.52. The SMILES string of the molecule is Cc1cc(F)ccc1C(N)c1cccc(CC(C)C)c1. The van der Waals surface area contributed by atoms with Crippen molar-refractivity contribution in [1.82, 2.24) is 0 Å². The molecular weight excluding hydrogens is 249 g/mol. The Labute approximate surface area is 120 Å². The predicted octanol–water partition coefficient (Wildman–Crippen LogP) is 4.38. The van der Waals surface area contributed by atoms with Crippen molar-refractivity contribution in [3.8, 4) is 0 Å². The van der Waals surface area contributed by atoms with E-state index in [4.69, 9.17) is 5.73 Å². The van der Waals surface area contributed by atoms with E-state index in [2.05, 4.69) is 26.0 Å². The summed E-state index contributed by atoms with van der Waals surface area (Å²) in [5, 5.41) is 0. The van der Waals surface area contributed by atoms with Crippen LogP contribution in [0.25, 0.3) is 0 Å². The minimum Gasteiger partial charge on any atom is -0.320 e. The van der Waals surface area contributed by atoms with Crippen molar-refractivity contribution in [2.24, 2.45) is 11.7 Å². The Bertz CT molecular complexity index is 590. The number of hydrogen-bond donors (Lipinski definition) is 1. The first-order valence-electron chi connectivity index (χ1n) is 7.08. The molecule has 106 valence electrons. The van der Waals surface area contributed by atoms with E-state index in [1.807, 2.05) is 19.1 Å². The second kappa shape index (κ2) is 6.19. The van der Waals surface area contributed by atoms with Crippen LogP contribution in [0.15, 0.2) is 42.5 Å². The van der Waals surface area contributed by atoms with Crippen molar-refractivity contribution < 1.29 is 4.39 Å². The van der Waals surface area contributed by atoms with Crippen LogP contribution in [-0.2, 0) is 6.42 Å². The van der Waals surface area contributed by atoms with Gasteiger partial charge in [-0.15, -0.1) is 0 Å². The third-order valence-corrected chi connectivity index (χ3v) is 3.52.